The Morgan fingerprint density at radius 1 is 1.33 bits per heavy atom. The number of oxazole rings is 1. The normalized spacial score (nSPS) is 10.9. The smallest absolute Gasteiger partial charge is 0.271 e. The number of aromatic nitrogens is 1. The Hall–Kier alpha value is -2.21. The molecule has 6 heteroatoms. The third-order valence-electron chi connectivity index (χ3n) is 2.53. The first-order chi connectivity index (χ1) is 8.63. The van der Waals surface area contributed by atoms with E-state index < -0.39 is 4.92 Å². The Balaban J connectivity index is 2.13. The molecule has 5 nitrogen and oxygen atoms in total. The van der Waals surface area contributed by atoms with Gasteiger partial charge in [-0.3, -0.25) is 10.1 Å². The topological polar surface area (TPSA) is 69.2 Å². The Morgan fingerprint density at radius 3 is 2.83 bits per heavy atom. The Kier molecular flexibility index (Phi) is 2.38. The molecule has 2 aromatic heterocycles. The molecule has 0 aliphatic rings. The average Bonchev–Trinajstić information content (AvgIpc) is 2.93. The Morgan fingerprint density at radius 2 is 2.17 bits per heavy atom. The van der Waals surface area contributed by atoms with Crippen LogP contribution in [0.15, 0.2) is 34.7 Å². The molecule has 0 N–H and O–H groups in total. The van der Waals surface area contributed by atoms with Gasteiger partial charge in [0.15, 0.2) is 5.58 Å². The molecule has 0 aliphatic heterocycles. The molecule has 0 saturated carbocycles. The molecule has 0 spiro atoms. The number of nitro benzene ring substituents is 1. The zero-order valence-corrected chi connectivity index (χ0v) is 10.2. The van der Waals surface area contributed by atoms with Crippen molar-refractivity contribution in [3.8, 4) is 10.8 Å². The molecule has 0 fully saturated rings. The lowest BCUT2D eigenvalue weighted by Gasteiger charge is -1.88. The van der Waals surface area contributed by atoms with Gasteiger partial charge in [0, 0.05) is 17.0 Å². The first-order valence-electron chi connectivity index (χ1n) is 5.25. The number of fused-ring (bicyclic) bond motifs is 1. The highest BCUT2D eigenvalue weighted by atomic mass is 32.1. The van der Waals surface area contributed by atoms with E-state index in [1.165, 1.54) is 17.0 Å². The maximum absolute atomic E-state index is 10.7. The third-order valence-corrected chi connectivity index (χ3v) is 3.52. The lowest BCUT2D eigenvalue weighted by Crippen LogP contribution is -1.86. The lowest BCUT2D eigenvalue weighted by atomic mass is 10.3. The van der Waals surface area contributed by atoms with Gasteiger partial charge in [0.05, 0.1) is 9.80 Å². The fourth-order valence-electron chi connectivity index (χ4n) is 1.68. The summed E-state index contributed by atoms with van der Waals surface area (Å²) in [6, 6.07) is 8.32. The second kappa shape index (κ2) is 3.92. The summed E-state index contributed by atoms with van der Waals surface area (Å²) in [6.45, 7) is 2.00. The highest BCUT2D eigenvalue weighted by Gasteiger charge is 2.13. The van der Waals surface area contributed by atoms with Crippen molar-refractivity contribution in [1.82, 2.24) is 4.98 Å². The molecule has 3 rings (SSSR count). The Labute approximate surface area is 106 Å². The number of benzene rings is 1. The van der Waals surface area contributed by atoms with Crippen LogP contribution in [0.25, 0.3) is 21.9 Å². The van der Waals surface area contributed by atoms with Gasteiger partial charge in [-0.25, -0.2) is 4.98 Å². The molecule has 3 aromatic rings. The summed E-state index contributed by atoms with van der Waals surface area (Å²) in [5.41, 5.74) is 1.08. The van der Waals surface area contributed by atoms with Crippen LogP contribution in [-0.2, 0) is 0 Å². The minimum atomic E-state index is -0.441. The quantitative estimate of drug-likeness (QED) is 0.519. The van der Waals surface area contributed by atoms with Crippen molar-refractivity contribution < 1.29 is 9.34 Å². The van der Waals surface area contributed by atoms with Crippen LogP contribution in [0.1, 0.15) is 4.88 Å². The van der Waals surface area contributed by atoms with Gasteiger partial charge >= 0.3 is 0 Å². The van der Waals surface area contributed by atoms with Crippen molar-refractivity contribution in [2.45, 2.75) is 6.92 Å². The van der Waals surface area contributed by atoms with Crippen LogP contribution in [-0.4, -0.2) is 9.91 Å². The second-order valence-corrected chi connectivity index (χ2v) is 5.13. The third kappa shape index (κ3) is 1.76. The van der Waals surface area contributed by atoms with Crippen molar-refractivity contribution in [3.63, 3.8) is 0 Å². The van der Waals surface area contributed by atoms with E-state index in [0.29, 0.717) is 17.0 Å². The van der Waals surface area contributed by atoms with E-state index in [0.717, 1.165) is 4.88 Å². The van der Waals surface area contributed by atoms with Gasteiger partial charge < -0.3 is 4.42 Å². The van der Waals surface area contributed by atoms with Crippen molar-refractivity contribution in [2.75, 3.05) is 0 Å². The summed E-state index contributed by atoms with van der Waals surface area (Å²) in [4.78, 5) is 16.6. The molecule has 0 radical (unpaired) electrons. The molecule has 0 amide bonds. The van der Waals surface area contributed by atoms with E-state index in [4.69, 9.17) is 4.42 Å². The van der Waals surface area contributed by atoms with Crippen molar-refractivity contribution >= 4 is 28.1 Å². The first kappa shape index (κ1) is 10.9. The van der Waals surface area contributed by atoms with Gasteiger partial charge in [-0.1, -0.05) is 0 Å². The van der Waals surface area contributed by atoms with Gasteiger partial charge in [0.2, 0.25) is 5.89 Å². The first-order valence-corrected chi connectivity index (χ1v) is 6.07. The van der Waals surface area contributed by atoms with Gasteiger partial charge in [-0.2, -0.15) is 0 Å². The number of nitro groups is 1. The minimum absolute atomic E-state index is 0.0183. The zero-order chi connectivity index (χ0) is 12.7. The number of hydrogen-bond acceptors (Lipinski definition) is 5. The standard InChI is InChI=1S/C12H8N2O3S/c1-7-2-5-11(18-7)12-13-9-6-8(14(15)16)3-4-10(9)17-12/h2-6H,1H3. The van der Waals surface area contributed by atoms with Crippen LogP contribution in [0.2, 0.25) is 0 Å². The highest BCUT2D eigenvalue weighted by molar-refractivity contribution is 7.15. The van der Waals surface area contributed by atoms with Gasteiger partial charge in [0.1, 0.15) is 5.52 Å². The predicted octanol–water partition coefficient (Wildman–Crippen LogP) is 3.77. The second-order valence-electron chi connectivity index (χ2n) is 3.84. The Bertz CT molecular complexity index is 745. The summed E-state index contributed by atoms with van der Waals surface area (Å²) >= 11 is 1.58. The van der Waals surface area contributed by atoms with Crippen LogP contribution < -0.4 is 0 Å². The van der Waals surface area contributed by atoms with Gasteiger partial charge in [-0.15, -0.1) is 11.3 Å². The summed E-state index contributed by atoms with van der Waals surface area (Å²) in [5.74, 6) is 0.503. The molecule has 18 heavy (non-hydrogen) atoms. The maximum Gasteiger partial charge on any atom is 0.271 e. The number of nitrogens with zero attached hydrogens (tertiary/aromatic N) is 2. The zero-order valence-electron chi connectivity index (χ0n) is 9.41. The molecule has 1 aromatic carbocycles. The SMILES string of the molecule is Cc1ccc(-c2nc3cc([N+](=O)[O-])ccc3o2)s1. The summed E-state index contributed by atoms with van der Waals surface area (Å²) in [7, 11) is 0. The van der Waals surface area contributed by atoms with Crippen molar-refractivity contribution in [1.29, 1.82) is 0 Å². The van der Waals surface area contributed by atoms with E-state index in [1.807, 2.05) is 19.1 Å². The molecule has 0 aliphatic carbocycles. The fraction of sp³-hybridized carbons (Fsp3) is 0.0833. The maximum atomic E-state index is 10.7. The molecule has 0 unspecified atom stereocenters. The molecule has 90 valence electrons. The molecular formula is C12H8N2O3S. The van der Waals surface area contributed by atoms with Crippen molar-refractivity contribution in [3.05, 3.63) is 45.3 Å². The van der Waals surface area contributed by atoms with Crippen LogP contribution in [0, 0.1) is 17.0 Å². The van der Waals surface area contributed by atoms with E-state index in [2.05, 4.69) is 4.98 Å². The lowest BCUT2D eigenvalue weighted by molar-refractivity contribution is -0.384. The number of rotatable bonds is 2. The van der Waals surface area contributed by atoms with Crippen LogP contribution in [0.3, 0.4) is 0 Å². The predicted molar refractivity (Wildman–Crippen MR) is 68.7 cm³/mol. The van der Waals surface area contributed by atoms with E-state index in [9.17, 15) is 10.1 Å². The van der Waals surface area contributed by atoms with Gasteiger partial charge in [0.25, 0.3) is 5.69 Å². The monoisotopic (exact) mass is 260 g/mol. The van der Waals surface area contributed by atoms with E-state index in [-0.39, 0.29) is 5.69 Å². The largest absolute Gasteiger partial charge is 0.435 e. The fourth-order valence-corrected chi connectivity index (χ4v) is 2.48. The summed E-state index contributed by atoms with van der Waals surface area (Å²) in [6.07, 6.45) is 0. The van der Waals surface area contributed by atoms with E-state index in [1.54, 1.807) is 17.4 Å². The molecule has 0 bridgehead atoms. The molecule has 0 atom stereocenters. The number of aryl methyl sites for hydroxylation is 1. The van der Waals surface area contributed by atoms with Crippen LogP contribution >= 0.6 is 11.3 Å². The number of thiophene rings is 1. The summed E-state index contributed by atoms with van der Waals surface area (Å²) < 4.78 is 5.58. The van der Waals surface area contributed by atoms with Crippen molar-refractivity contribution in [2.24, 2.45) is 0 Å². The van der Waals surface area contributed by atoms with Crippen LogP contribution in [0.5, 0.6) is 0 Å². The minimum Gasteiger partial charge on any atom is -0.435 e. The number of non-ortho nitro benzene ring substituents is 1. The molecular weight excluding hydrogens is 252 g/mol. The number of hydrogen-bond donors (Lipinski definition) is 0. The van der Waals surface area contributed by atoms with Crippen LogP contribution in [0.4, 0.5) is 5.69 Å². The highest BCUT2D eigenvalue weighted by Crippen LogP contribution is 2.30. The summed E-state index contributed by atoms with van der Waals surface area (Å²) in [5, 5.41) is 10.7. The average molecular weight is 260 g/mol. The van der Waals surface area contributed by atoms with E-state index >= 15 is 0 Å². The van der Waals surface area contributed by atoms with Gasteiger partial charge in [-0.05, 0) is 25.1 Å². The molecule has 0 saturated heterocycles. The molecule has 2 heterocycles.